The van der Waals surface area contributed by atoms with Gasteiger partial charge >= 0.3 is 11.8 Å². The smallest absolute Gasteiger partial charge is 0.410 e. The van der Waals surface area contributed by atoms with Crippen LogP contribution in [0, 0.1) is 5.92 Å². The Morgan fingerprint density at radius 1 is 1.14 bits per heavy atom. The van der Waals surface area contributed by atoms with E-state index in [1.807, 2.05) is 39.0 Å². The Labute approximate surface area is 211 Å². The molecule has 1 aromatic heterocycles. The molecule has 1 N–H and O–H groups in total. The SMILES string of the molecule is CN(CC1CCN(Cc2cccc3c2n(C)c(=O)n3C2CCC(=O)NC2=O)CC1)C(=O)OC(C)(C)C. The van der Waals surface area contributed by atoms with Gasteiger partial charge in [0.1, 0.15) is 11.6 Å². The second-order valence-electron chi connectivity index (χ2n) is 11.0. The van der Waals surface area contributed by atoms with E-state index in [-0.39, 0.29) is 24.1 Å². The van der Waals surface area contributed by atoms with Crippen LogP contribution in [0.3, 0.4) is 0 Å². The molecule has 2 saturated heterocycles. The van der Waals surface area contributed by atoms with Crippen molar-refractivity contribution in [3.63, 3.8) is 0 Å². The number of carbonyl (C=O) groups excluding carboxylic acids is 3. The average Bonchev–Trinajstić information content (AvgIpc) is 3.05. The van der Waals surface area contributed by atoms with Crippen molar-refractivity contribution in [3.8, 4) is 0 Å². The Morgan fingerprint density at radius 3 is 2.47 bits per heavy atom. The molecular formula is C26H37N5O5. The first kappa shape index (κ1) is 25.9. The molecule has 196 valence electrons. The van der Waals surface area contributed by atoms with Gasteiger partial charge in [0.15, 0.2) is 0 Å². The Morgan fingerprint density at radius 2 is 1.83 bits per heavy atom. The van der Waals surface area contributed by atoms with Crippen LogP contribution in [0.2, 0.25) is 0 Å². The van der Waals surface area contributed by atoms with Crippen molar-refractivity contribution in [1.82, 2.24) is 24.3 Å². The molecule has 0 saturated carbocycles. The molecule has 2 fully saturated rings. The summed E-state index contributed by atoms with van der Waals surface area (Å²) < 4.78 is 8.60. The molecule has 3 amide bonds. The number of imidazole rings is 1. The van der Waals surface area contributed by atoms with E-state index in [0.717, 1.165) is 37.0 Å². The minimum atomic E-state index is -0.688. The third-order valence-corrected chi connectivity index (χ3v) is 7.05. The lowest BCUT2D eigenvalue weighted by Gasteiger charge is -2.34. The maximum atomic E-state index is 13.2. The van der Waals surface area contributed by atoms with Gasteiger partial charge in [-0.1, -0.05) is 12.1 Å². The second kappa shape index (κ2) is 10.1. The Kier molecular flexibility index (Phi) is 7.26. The van der Waals surface area contributed by atoms with Gasteiger partial charge in [0.05, 0.1) is 11.0 Å². The second-order valence-corrected chi connectivity index (χ2v) is 11.0. The normalized spacial score (nSPS) is 20.0. The zero-order valence-corrected chi connectivity index (χ0v) is 21.9. The third-order valence-electron chi connectivity index (χ3n) is 7.05. The fourth-order valence-electron chi connectivity index (χ4n) is 5.25. The van der Waals surface area contributed by atoms with Gasteiger partial charge in [-0.05, 0) is 70.7 Å². The molecule has 2 aliphatic heterocycles. The first-order valence-electron chi connectivity index (χ1n) is 12.6. The molecule has 0 radical (unpaired) electrons. The molecule has 2 aliphatic rings. The lowest BCUT2D eigenvalue weighted by molar-refractivity contribution is -0.135. The number of nitrogens with zero attached hydrogens (tertiary/aromatic N) is 4. The maximum absolute atomic E-state index is 13.2. The number of likely N-dealkylation sites (tertiary alicyclic amines) is 1. The maximum Gasteiger partial charge on any atom is 0.410 e. The zero-order chi connectivity index (χ0) is 26.2. The molecule has 0 aliphatic carbocycles. The van der Waals surface area contributed by atoms with Crippen molar-refractivity contribution in [3.05, 3.63) is 34.2 Å². The molecule has 2 aromatic rings. The van der Waals surface area contributed by atoms with Gasteiger partial charge < -0.3 is 9.64 Å². The third kappa shape index (κ3) is 5.48. The van der Waals surface area contributed by atoms with Crippen LogP contribution in [0.5, 0.6) is 0 Å². The lowest BCUT2D eigenvalue weighted by Crippen LogP contribution is -2.44. The monoisotopic (exact) mass is 499 g/mol. The van der Waals surface area contributed by atoms with E-state index in [0.29, 0.717) is 30.9 Å². The van der Waals surface area contributed by atoms with E-state index >= 15 is 0 Å². The Balaban J connectivity index is 1.44. The molecule has 1 aromatic carbocycles. The number of benzene rings is 1. The Bertz CT molecular complexity index is 1220. The van der Waals surface area contributed by atoms with Crippen LogP contribution in [0.4, 0.5) is 4.79 Å². The summed E-state index contributed by atoms with van der Waals surface area (Å²) >= 11 is 0. The number of imide groups is 1. The number of para-hydroxylation sites is 1. The van der Waals surface area contributed by atoms with Gasteiger partial charge in [-0.2, -0.15) is 0 Å². The number of hydrogen-bond donors (Lipinski definition) is 1. The minimum Gasteiger partial charge on any atom is -0.444 e. The van der Waals surface area contributed by atoms with E-state index in [9.17, 15) is 19.2 Å². The van der Waals surface area contributed by atoms with Crippen LogP contribution >= 0.6 is 0 Å². The van der Waals surface area contributed by atoms with Crippen molar-refractivity contribution >= 4 is 28.9 Å². The first-order valence-corrected chi connectivity index (χ1v) is 12.6. The van der Waals surface area contributed by atoms with E-state index in [1.54, 1.807) is 23.6 Å². The number of ether oxygens (including phenoxy) is 1. The predicted octanol–water partition coefficient (Wildman–Crippen LogP) is 2.40. The van der Waals surface area contributed by atoms with Gasteiger partial charge in [0.25, 0.3) is 0 Å². The number of nitrogens with one attached hydrogen (secondary N) is 1. The summed E-state index contributed by atoms with van der Waals surface area (Å²) in [6, 6.07) is 5.12. The summed E-state index contributed by atoms with van der Waals surface area (Å²) in [6.07, 6.45) is 2.19. The van der Waals surface area contributed by atoms with Gasteiger partial charge in [-0.3, -0.25) is 28.9 Å². The van der Waals surface area contributed by atoms with E-state index in [1.165, 1.54) is 4.57 Å². The molecule has 36 heavy (non-hydrogen) atoms. The standard InChI is InChI=1S/C26H37N5O5/c1-26(2,3)36-25(35)28(4)15-17-11-13-30(14-12-17)16-18-7-6-8-19-22(18)29(5)24(34)31(19)20-9-10-21(32)27-23(20)33/h6-8,17,20H,9-16H2,1-5H3,(H,27,32,33). The zero-order valence-electron chi connectivity index (χ0n) is 21.9. The Hall–Kier alpha value is -3.14. The number of amides is 3. The largest absolute Gasteiger partial charge is 0.444 e. The highest BCUT2D eigenvalue weighted by Crippen LogP contribution is 2.27. The summed E-state index contributed by atoms with van der Waals surface area (Å²) in [6.45, 7) is 8.75. The number of aryl methyl sites for hydroxylation is 1. The highest BCUT2D eigenvalue weighted by molar-refractivity contribution is 6.00. The molecule has 1 unspecified atom stereocenters. The van der Waals surface area contributed by atoms with Gasteiger partial charge in [-0.25, -0.2) is 9.59 Å². The van der Waals surface area contributed by atoms with E-state index in [4.69, 9.17) is 4.74 Å². The van der Waals surface area contributed by atoms with Gasteiger partial charge in [0.2, 0.25) is 11.8 Å². The lowest BCUT2D eigenvalue weighted by atomic mass is 9.96. The molecule has 0 bridgehead atoms. The summed E-state index contributed by atoms with van der Waals surface area (Å²) in [5, 5.41) is 2.36. The molecule has 4 rings (SSSR count). The summed E-state index contributed by atoms with van der Waals surface area (Å²) in [7, 11) is 3.52. The van der Waals surface area contributed by atoms with Crippen molar-refractivity contribution < 1.29 is 19.1 Å². The summed E-state index contributed by atoms with van der Waals surface area (Å²) in [5.74, 6) is -0.317. The van der Waals surface area contributed by atoms with Crippen LogP contribution in [0.1, 0.15) is 58.1 Å². The van der Waals surface area contributed by atoms with Crippen LogP contribution in [-0.4, -0.2) is 69.1 Å². The van der Waals surface area contributed by atoms with E-state index in [2.05, 4.69) is 10.2 Å². The molecule has 10 heteroatoms. The average molecular weight is 500 g/mol. The highest BCUT2D eigenvalue weighted by atomic mass is 16.6. The number of hydrogen-bond acceptors (Lipinski definition) is 6. The fourth-order valence-corrected chi connectivity index (χ4v) is 5.25. The van der Waals surface area contributed by atoms with Crippen LogP contribution in [0.15, 0.2) is 23.0 Å². The van der Waals surface area contributed by atoms with Gasteiger partial charge in [0, 0.05) is 33.6 Å². The van der Waals surface area contributed by atoms with Crippen molar-refractivity contribution in [1.29, 1.82) is 0 Å². The van der Waals surface area contributed by atoms with Crippen LogP contribution in [-0.2, 0) is 27.9 Å². The number of piperidine rings is 2. The van der Waals surface area contributed by atoms with E-state index < -0.39 is 17.6 Å². The number of fused-ring (bicyclic) bond motifs is 1. The van der Waals surface area contributed by atoms with Crippen molar-refractivity contribution in [2.24, 2.45) is 13.0 Å². The van der Waals surface area contributed by atoms with Crippen LogP contribution in [0.25, 0.3) is 11.0 Å². The first-order chi connectivity index (χ1) is 16.9. The molecule has 1 atom stereocenters. The predicted molar refractivity (Wildman–Crippen MR) is 135 cm³/mol. The van der Waals surface area contributed by atoms with Crippen molar-refractivity contribution in [2.75, 3.05) is 26.7 Å². The number of rotatable bonds is 5. The minimum absolute atomic E-state index is 0.219. The summed E-state index contributed by atoms with van der Waals surface area (Å²) in [5.41, 5.74) is 1.80. The highest BCUT2D eigenvalue weighted by Gasteiger charge is 2.32. The molecule has 0 spiro atoms. The quantitative estimate of drug-likeness (QED) is 0.634. The number of aromatic nitrogens is 2. The molecule has 3 heterocycles. The topological polar surface area (TPSA) is 106 Å². The van der Waals surface area contributed by atoms with Gasteiger partial charge in [-0.15, -0.1) is 0 Å². The van der Waals surface area contributed by atoms with Crippen molar-refractivity contribution in [2.45, 2.75) is 64.6 Å². The number of carbonyl (C=O) groups is 3. The molecule has 10 nitrogen and oxygen atoms in total. The molecular weight excluding hydrogens is 462 g/mol. The summed E-state index contributed by atoms with van der Waals surface area (Å²) in [4.78, 5) is 53.6. The fraction of sp³-hybridized carbons (Fsp3) is 0.615. The van der Waals surface area contributed by atoms with Crippen LogP contribution < -0.4 is 11.0 Å².